The average molecular weight is 161 g/mol. The molecule has 0 spiro atoms. The Morgan fingerprint density at radius 2 is 2.30 bits per heavy atom. The van der Waals surface area contributed by atoms with Gasteiger partial charge in [-0.1, -0.05) is 13.3 Å². The van der Waals surface area contributed by atoms with Gasteiger partial charge in [0.25, 0.3) is 0 Å². The van der Waals surface area contributed by atoms with Gasteiger partial charge in [0.15, 0.2) is 5.11 Å². The molecule has 0 bridgehead atoms. The third-order valence-corrected chi connectivity index (χ3v) is 1.47. The molecule has 0 aliphatic rings. The Morgan fingerprint density at radius 1 is 1.70 bits per heavy atom. The fourth-order valence-corrected chi connectivity index (χ4v) is 0.972. The summed E-state index contributed by atoms with van der Waals surface area (Å²) in [7, 11) is 0. The molecule has 4 heteroatoms. The molecule has 0 aliphatic heterocycles. The van der Waals surface area contributed by atoms with Crippen LogP contribution in [0.3, 0.4) is 0 Å². The summed E-state index contributed by atoms with van der Waals surface area (Å²) in [6.45, 7) is 4.21. The van der Waals surface area contributed by atoms with Gasteiger partial charge in [-0.2, -0.15) is 0 Å². The molecule has 0 aromatic carbocycles. The summed E-state index contributed by atoms with van der Waals surface area (Å²) in [4.78, 5) is 0. The van der Waals surface area contributed by atoms with Crippen LogP contribution in [0.1, 0.15) is 26.7 Å². The van der Waals surface area contributed by atoms with Gasteiger partial charge in [0.1, 0.15) is 0 Å². The van der Waals surface area contributed by atoms with Crippen LogP contribution in [0.15, 0.2) is 0 Å². The van der Waals surface area contributed by atoms with Gasteiger partial charge in [-0.05, 0) is 25.6 Å². The normalized spacial score (nSPS) is 12.3. The topological polar surface area (TPSA) is 50.1 Å². The van der Waals surface area contributed by atoms with Gasteiger partial charge in [-0.3, -0.25) is 0 Å². The molecule has 1 unspecified atom stereocenters. The van der Waals surface area contributed by atoms with Crippen molar-refractivity contribution in [1.82, 2.24) is 10.7 Å². The maximum absolute atomic E-state index is 5.06. The Morgan fingerprint density at radius 3 is 2.70 bits per heavy atom. The van der Waals surface area contributed by atoms with Crippen LogP contribution in [0.5, 0.6) is 0 Å². The SMILES string of the molecule is CCCC(C)NC(=S)NN. The van der Waals surface area contributed by atoms with Gasteiger partial charge >= 0.3 is 0 Å². The van der Waals surface area contributed by atoms with E-state index in [1.165, 1.54) is 0 Å². The lowest BCUT2D eigenvalue weighted by Crippen LogP contribution is -2.43. The highest BCUT2D eigenvalue weighted by atomic mass is 32.1. The van der Waals surface area contributed by atoms with Crippen molar-refractivity contribution in [2.45, 2.75) is 32.7 Å². The highest BCUT2D eigenvalue weighted by Crippen LogP contribution is 1.93. The van der Waals surface area contributed by atoms with Crippen LogP contribution in [0.4, 0.5) is 0 Å². The van der Waals surface area contributed by atoms with Crippen molar-refractivity contribution in [3.05, 3.63) is 0 Å². The molecule has 0 rings (SSSR count). The van der Waals surface area contributed by atoms with E-state index in [4.69, 9.17) is 18.1 Å². The quantitative estimate of drug-likeness (QED) is 0.321. The number of thiocarbonyl (C=S) groups is 1. The summed E-state index contributed by atoms with van der Waals surface area (Å²) < 4.78 is 0. The minimum atomic E-state index is 0.411. The second-order valence-electron chi connectivity index (χ2n) is 2.31. The standard InChI is InChI=1S/C6H15N3S/c1-3-4-5(2)8-6(10)9-7/h5H,3-4,7H2,1-2H3,(H2,8,9,10). The summed E-state index contributed by atoms with van der Waals surface area (Å²) in [6.07, 6.45) is 2.27. The number of nitrogens with two attached hydrogens (primary N) is 1. The van der Waals surface area contributed by atoms with E-state index in [1.807, 2.05) is 0 Å². The van der Waals surface area contributed by atoms with Gasteiger partial charge in [0, 0.05) is 6.04 Å². The third-order valence-electron chi connectivity index (χ3n) is 1.23. The Labute approximate surface area is 67.3 Å². The monoisotopic (exact) mass is 161 g/mol. The summed E-state index contributed by atoms with van der Waals surface area (Å²) in [5, 5.41) is 3.54. The van der Waals surface area contributed by atoms with Gasteiger partial charge in [0.05, 0.1) is 0 Å². The predicted molar refractivity (Wildman–Crippen MR) is 47.4 cm³/mol. The minimum absolute atomic E-state index is 0.411. The van der Waals surface area contributed by atoms with E-state index < -0.39 is 0 Å². The Bertz CT molecular complexity index is 105. The van der Waals surface area contributed by atoms with Crippen molar-refractivity contribution < 1.29 is 0 Å². The van der Waals surface area contributed by atoms with E-state index in [-0.39, 0.29) is 0 Å². The second-order valence-corrected chi connectivity index (χ2v) is 2.72. The lowest BCUT2D eigenvalue weighted by molar-refractivity contribution is 0.591. The van der Waals surface area contributed by atoms with E-state index in [0.717, 1.165) is 12.8 Å². The number of nitrogens with one attached hydrogen (secondary N) is 2. The van der Waals surface area contributed by atoms with Crippen molar-refractivity contribution in [2.24, 2.45) is 5.84 Å². The zero-order chi connectivity index (χ0) is 7.98. The third kappa shape index (κ3) is 4.52. The molecule has 3 nitrogen and oxygen atoms in total. The number of rotatable bonds is 3. The largest absolute Gasteiger partial charge is 0.359 e. The average Bonchev–Trinajstić information content (AvgIpc) is 1.88. The first-order chi connectivity index (χ1) is 4.70. The first-order valence-electron chi connectivity index (χ1n) is 3.47. The van der Waals surface area contributed by atoms with Crippen LogP contribution in [0, 0.1) is 0 Å². The molecule has 0 fully saturated rings. The lowest BCUT2D eigenvalue weighted by Gasteiger charge is -2.13. The molecular weight excluding hydrogens is 146 g/mol. The molecule has 4 N–H and O–H groups in total. The highest BCUT2D eigenvalue weighted by Gasteiger charge is 1.99. The van der Waals surface area contributed by atoms with E-state index in [1.54, 1.807) is 0 Å². The smallest absolute Gasteiger partial charge is 0.180 e. The number of hydrazine groups is 1. The van der Waals surface area contributed by atoms with Crippen LogP contribution >= 0.6 is 12.2 Å². The van der Waals surface area contributed by atoms with Crippen LogP contribution in [-0.4, -0.2) is 11.2 Å². The molecule has 0 amide bonds. The van der Waals surface area contributed by atoms with E-state index in [2.05, 4.69) is 24.6 Å². The van der Waals surface area contributed by atoms with E-state index in [0.29, 0.717) is 11.2 Å². The summed E-state index contributed by atoms with van der Waals surface area (Å²) in [5.74, 6) is 5.06. The Balaban J connectivity index is 3.37. The molecule has 60 valence electrons. The summed E-state index contributed by atoms with van der Waals surface area (Å²) in [6, 6.07) is 0.411. The van der Waals surface area contributed by atoms with Crippen LogP contribution in [-0.2, 0) is 0 Å². The molecule has 0 saturated carbocycles. The molecule has 0 saturated heterocycles. The van der Waals surface area contributed by atoms with Gasteiger partial charge < -0.3 is 10.7 Å². The van der Waals surface area contributed by atoms with Gasteiger partial charge in [0.2, 0.25) is 0 Å². The molecular formula is C6H15N3S. The maximum Gasteiger partial charge on any atom is 0.180 e. The Kier molecular flexibility index (Phi) is 5.25. The van der Waals surface area contributed by atoms with E-state index in [9.17, 15) is 0 Å². The first kappa shape index (κ1) is 9.65. The van der Waals surface area contributed by atoms with Crippen LogP contribution < -0.4 is 16.6 Å². The van der Waals surface area contributed by atoms with Crippen LogP contribution in [0.2, 0.25) is 0 Å². The van der Waals surface area contributed by atoms with Gasteiger partial charge in [-0.15, -0.1) is 0 Å². The van der Waals surface area contributed by atoms with Crippen LogP contribution in [0.25, 0.3) is 0 Å². The molecule has 0 aromatic heterocycles. The fourth-order valence-electron chi connectivity index (χ4n) is 0.771. The molecule has 0 heterocycles. The Hall–Kier alpha value is -0.350. The van der Waals surface area contributed by atoms with Crippen molar-refractivity contribution in [3.63, 3.8) is 0 Å². The summed E-state index contributed by atoms with van der Waals surface area (Å²) >= 11 is 4.80. The second kappa shape index (κ2) is 5.44. The lowest BCUT2D eigenvalue weighted by atomic mass is 10.2. The molecule has 0 aromatic rings. The van der Waals surface area contributed by atoms with Crippen molar-refractivity contribution >= 4 is 17.3 Å². The zero-order valence-corrected chi connectivity index (χ0v) is 7.29. The molecule has 10 heavy (non-hydrogen) atoms. The maximum atomic E-state index is 5.06. The van der Waals surface area contributed by atoms with E-state index >= 15 is 0 Å². The van der Waals surface area contributed by atoms with Crippen molar-refractivity contribution in [1.29, 1.82) is 0 Å². The number of hydrogen-bond donors (Lipinski definition) is 3. The molecule has 0 aliphatic carbocycles. The van der Waals surface area contributed by atoms with Crippen molar-refractivity contribution in [3.8, 4) is 0 Å². The van der Waals surface area contributed by atoms with Gasteiger partial charge in [-0.25, -0.2) is 5.84 Å². The molecule has 0 radical (unpaired) electrons. The first-order valence-corrected chi connectivity index (χ1v) is 3.88. The summed E-state index contributed by atoms with van der Waals surface area (Å²) in [5.41, 5.74) is 2.37. The highest BCUT2D eigenvalue weighted by molar-refractivity contribution is 7.80. The molecule has 1 atom stereocenters. The zero-order valence-electron chi connectivity index (χ0n) is 6.48. The fraction of sp³-hybridized carbons (Fsp3) is 0.833. The predicted octanol–water partition coefficient (Wildman–Crippen LogP) is 0.513. The minimum Gasteiger partial charge on any atom is -0.359 e. The van der Waals surface area contributed by atoms with Crippen molar-refractivity contribution in [2.75, 3.05) is 0 Å². The number of hydrogen-bond acceptors (Lipinski definition) is 2.